The third-order valence-electron chi connectivity index (χ3n) is 6.97. The summed E-state index contributed by atoms with van der Waals surface area (Å²) in [5.74, 6) is -1.49. The first-order valence-corrected chi connectivity index (χ1v) is 15.8. The van der Waals surface area contributed by atoms with E-state index in [2.05, 4.69) is 5.32 Å². The van der Waals surface area contributed by atoms with Crippen molar-refractivity contribution in [1.82, 2.24) is 10.2 Å². The minimum Gasteiger partial charge on any atom is -0.350 e. The van der Waals surface area contributed by atoms with Crippen LogP contribution in [0.25, 0.3) is 0 Å². The number of carbonyl (C=O) groups is 2. The molecule has 0 aliphatic rings. The van der Waals surface area contributed by atoms with Gasteiger partial charge in [0.2, 0.25) is 11.8 Å². The van der Waals surface area contributed by atoms with Gasteiger partial charge in [0.1, 0.15) is 18.4 Å². The van der Waals surface area contributed by atoms with Crippen LogP contribution >= 0.6 is 0 Å². The summed E-state index contributed by atoms with van der Waals surface area (Å²) in [6.45, 7) is 6.88. The van der Waals surface area contributed by atoms with Crippen LogP contribution in [0, 0.1) is 12.7 Å². The van der Waals surface area contributed by atoms with Gasteiger partial charge < -0.3 is 10.2 Å². The molecule has 4 aromatic rings. The van der Waals surface area contributed by atoms with Gasteiger partial charge in [-0.15, -0.1) is 0 Å². The summed E-state index contributed by atoms with van der Waals surface area (Å²) in [5.41, 5.74) is 2.03. The average molecular weight is 616 g/mol. The summed E-state index contributed by atoms with van der Waals surface area (Å²) in [5, 5.41) is 3.01. The van der Waals surface area contributed by atoms with Gasteiger partial charge in [0.15, 0.2) is 0 Å². The van der Waals surface area contributed by atoms with E-state index in [-0.39, 0.29) is 29.5 Å². The molecular formula is C35H38FN3O4S. The van der Waals surface area contributed by atoms with Gasteiger partial charge in [-0.3, -0.25) is 13.9 Å². The maximum atomic E-state index is 14.4. The van der Waals surface area contributed by atoms with Gasteiger partial charge in [-0.05, 0) is 75.2 Å². The lowest BCUT2D eigenvalue weighted by molar-refractivity contribution is -0.140. The van der Waals surface area contributed by atoms with E-state index in [0.717, 1.165) is 33.1 Å². The molecule has 4 aromatic carbocycles. The average Bonchev–Trinajstić information content (AvgIpc) is 2.98. The molecule has 7 nitrogen and oxygen atoms in total. The fourth-order valence-electron chi connectivity index (χ4n) is 4.76. The van der Waals surface area contributed by atoms with E-state index in [4.69, 9.17) is 0 Å². The number of aryl methyl sites for hydroxylation is 1. The van der Waals surface area contributed by atoms with Crippen molar-refractivity contribution in [2.24, 2.45) is 0 Å². The summed E-state index contributed by atoms with van der Waals surface area (Å²) in [4.78, 5) is 29.7. The Labute approximate surface area is 259 Å². The van der Waals surface area contributed by atoms with Crippen molar-refractivity contribution in [3.05, 3.63) is 132 Å². The van der Waals surface area contributed by atoms with E-state index in [1.165, 1.54) is 29.2 Å². The van der Waals surface area contributed by atoms with E-state index in [0.29, 0.717) is 0 Å². The summed E-state index contributed by atoms with van der Waals surface area (Å²) in [6, 6.07) is 28.9. The van der Waals surface area contributed by atoms with E-state index in [1.54, 1.807) is 12.1 Å². The number of nitrogens with zero attached hydrogens (tertiary/aromatic N) is 2. The molecule has 44 heavy (non-hydrogen) atoms. The van der Waals surface area contributed by atoms with Crippen molar-refractivity contribution >= 4 is 27.5 Å². The molecule has 1 atom stereocenters. The van der Waals surface area contributed by atoms with Crippen LogP contribution in [-0.4, -0.2) is 43.3 Å². The van der Waals surface area contributed by atoms with Crippen molar-refractivity contribution in [3.63, 3.8) is 0 Å². The van der Waals surface area contributed by atoms with Gasteiger partial charge >= 0.3 is 0 Å². The van der Waals surface area contributed by atoms with Crippen LogP contribution in [0.2, 0.25) is 0 Å². The van der Waals surface area contributed by atoms with Gasteiger partial charge in [0, 0.05) is 18.5 Å². The fraction of sp³-hybridized carbons (Fsp3) is 0.257. The molecule has 9 heteroatoms. The summed E-state index contributed by atoms with van der Waals surface area (Å²) >= 11 is 0. The molecule has 0 fully saturated rings. The minimum absolute atomic E-state index is 0.0128. The van der Waals surface area contributed by atoms with Crippen LogP contribution in [0.1, 0.15) is 37.5 Å². The number of carbonyl (C=O) groups excluding carboxylic acids is 2. The van der Waals surface area contributed by atoms with Gasteiger partial charge in [-0.1, -0.05) is 78.4 Å². The summed E-state index contributed by atoms with van der Waals surface area (Å²) in [7, 11) is -4.26. The van der Waals surface area contributed by atoms with Crippen LogP contribution in [0.15, 0.2) is 114 Å². The Kier molecular flexibility index (Phi) is 10.2. The number of rotatable bonds is 11. The predicted molar refractivity (Wildman–Crippen MR) is 171 cm³/mol. The first-order chi connectivity index (χ1) is 20.8. The van der Waals surface area contributed by atoms with E-state index in [1.807, 2.05) is 88.4 Å². The molecular weight excluding hydrogens is 577 g/mol. The number of hydrogen-bond acceptors (Lipinski definition) is 4. The molecule has 1 unspecified atom stereocenters. The van der Waals surface area contributed by atoms with Crippen LogP contribution in [0.4, 0.5) is 10.1 Å². The number of anilines is 1. The molecule has 0 spiro atoms. The predicted octanol–water partition coefficient (Wildman–Crippen LogP) is 5.88. The Hall–Kier alpha value is -4.50. The highest BCUT2D eigenvalue weighted by Crippen LogP contribution is 2.26. The second-order valence-electron chi connectivity index (χ2n) is 11.8. The third kappa shape index (κ3) is 8.54. The number of halogens is 1. The van der Waals surface area contributed by atoms with Crippen LogP contribution in [0.5, 0.6) is 0 Å². The second-order valence-corrected chi connectivity index (χ2v) is 13.6. The monoisotopic (exact) mass is 615 g/mol. The number of amides is 2. The zero-order chi connectivity index (χ0) is 31.9. The standard InChI is InChI=1S/C35H38FN3O4S/c1-26-15-21-31(22-16-26)44(42,43)39(30-19-17-29(36)18-20-30)25-33(40)38(24-28-13-9-6-10-14-28)32(34(41)37-35(2,3)4)23-27-11-7-5-8-12-27/h5-22,32H,23-25H2,1-4H3,(H,37,41). The lowest BCUT2D eigenvalue weighted by Gasteiger charge is -2.35. The largest absolute Gasteiger partial charge is 0.350 e. The molecule has 0 radical (unpaired) electrons. The van der Waals surface area contributed by atoms with E-state index in [9.17, 15) is 22.4 Å². The summed E-state index contributed by atoms with van der Waals surface area (Å²) < 4.78 is 42.9. The fourth-order valence-corrected chi connectivity index (χ4v) is 6.17. The van der Waals surface area contributed by atoms with Crippen molar-refractivity contribution in [3.8, 4) is 0 Å². The van der Waals surface area contributed by atoms with Gasteiger partial charge in [-0.25, -0.2) is 12.8 Å². The normalized spacial score (nSPS) is 12.3. The van der Waals surface area contributed by atoms with Crippen molar-refractivity contribution in [1.29, 1.82) is 0 Å². The molecule has 4 rings (SSSR count). The van der Waals surface area contributed by atoms with Crippen molar-refractivity contribution in [2.75, 3.05) is 10.8 Å². The van der Waals surface area contributed by atoms with Crippen molar-refractivity contribution < 1.29 is 22.4 Å². The van der Waals surface area contributed by atoms with Crippen LogP contribution < -0.4 is 9.62 Å². The minimum atomic E-state index is -4.26. The highest BCUT2D eigenvalue weighted by Gasteiger charge is 2.35. The molecule has 1 N–H and O–H groups in total. The molecule has 0 heterocycles. The maximum absolute atomic E-state index is 14.4. The zero-order valence-corrected chi connectivity index (χ0v) is 26.2. The van der Waals surface area contributed by atoms with Crippen molar-refractivity contribution in [2.45, 2.75) is 57.1 Å². The Balaban J connectivity index is 1.80. The molecule has 0 aliphatic heterocycles. The number of hydrogen-bond donors (Lipinski definition) is 1. The van der Waals surface area contributed by atoms with Crippen LogP contribution in [0.3, 0.4) is 0 Å². The second kappa shape index (κ2) is 13.9. The lowest BCUT2D eigenvalue weighted by atomic mass is 10.0. The van der Waals surface area contributed by atoms with Gasteiger partial charge in [-0.2, -0.15) is 0 Å². The zero-order valence-electron chi connectivity index (χ0n) is 25.4. The molecule has 0 saturated heterocycles. The first-order valence-electron chi connectivity index (χ1n) is 14.4. The van der Waals surface area contributed by atoms with Crippen LogP contribution in [-0.2, 0) is 32.6 Å². The molecule has 2 amide bonds. The smallest absolute Gasteiger partial charge is 0.264 e. The number of sulfonamides is 1. The SMILES string of the molecule is Cc1ccc(S(=O)(=O)N(CC(=O)N(Cc2ccccc2)C(Cc2ccccc2)C(=O)NC(C)(C)C)c2ccc(F)cc2)cc1. The molecule has 0 aromatic heterocycles. The molecule has 0 saturated carbocycles. The molecule has 0 bridgehead atoms. The first kappa shape index (κ1) is 32.4. The quantitative estimate of drug-likeness (QED) is 0.228. The Morgan fingerprint density at radius 3 is 1.89 bits per heavy atom. The highest BCUT2D eigenvalue weighted by atomic mass is 32.2. The molecule has 230 valence electrons. The Morgan fingerprint density at radius 2 is 1.34 bits per heavy atom. The van der Waals surface area contributed by atoms with E-state index >= 15 is 0 Å². The number of benzene rings is 4. The Bertz CT molecular complexity index is 1660. The highest BCUT2D eigenvalue weighted by molar-refractivity contribution is 7.92. The lowest BCUT2D eigenvalue weighted by Crippen LogP contribution is -2.56. The Morgan fingerprint density at radius 1 is 0.795 bits per heavy atom. The summed E-state index contributed by atoms with van der Waals surface area (Å²) in [6.07, 6.45) is 0.211. The topological polar surface area (TPSA) is 86.8 Å². The maximum Gasteiger partial charge on any atom is 0.264 e. The van der Waals surface area contributed by atoms with Gasteiger partial charge in [0.25, 0.3) is 10.0 Å². The number of nitrogens with one attached hydrogen (secondary N) is 1. The van der Waals surface area contributed by atoms with Gasteiger partial charge in [0.05, 0.1) is 10.6 Å². The third-order valence-corrected chi connectivity index (χ3v) is 8.76. The molecule has 0 aliphatic carbocycles. The van der Waals surface area contributed by atoms with E-state index < -0.39 is 39.9 Å².